The van der Waals surface area contributed by atoms with Gasteiger partial charge in [-0.15, -0.1) is 0 Å². The number of carbonyl (C=O) groups is 1. The van der Waals surface area contributed by atoms with Crippen LogP contribution in [0.15, 0.2) is 48.8 Å². The lowest BCUT2D eigenvalue weighted by Crippen LogP contribution is -2.45. The van der Waals surface area contributed by atoms with Crippen molar-refractivity contribution in [2.24, 2.45) is 0 Å². The normalized spacial score (nSPS) is 20.2. The molecule has 4 rings (SSSR count). The SMILES string of the molecule is O=C(NC1CC(F)C1)c1cnn2c(-c3ccccc3)ccnc12. The topological polar surface area (TPSA) is 59.3 Å². The lowest BCUT2D eigenvalue weighted by Gasteiger charge is -2.30. The summed E-state index contributed by atoms with van der Waals surface area (Å²) in [5.74, 6) is -0.255. The molecule has 0 spiro atoms. The van der Waals surface area contributed by atoms with E-state index < -0.39 is 6.17 Å². The number of fused-ring (bicyclic) bond motifs is 1. The van der Waals surface area contributed by atoms with Gasteiger partial charge in [-0.1, -0.05) is 30.3 Å². The highest BCUT2D eigenvalue weighted by molar-refractivity contribution is 6.00. The predicted octanol–water partition coefficient (Wildman–Crippen LogP) is 2.63. The molecule has 1 saturated carbocycles. The first-order valence-electron chi connectivity index (χ1n) is 7.55. The molecule has 23 heavy (non-hydrogen) atoms. The van der Waals surface area contributed by atoms with Gasteiger partial charge in [-0.05, 0) is 18.9 Å². The fourth-order valence-corrected chi connectivity index (χ4v) is 2.81. The zero-order valence-corrected chi connectivity index (χ0v) is 12.3. The third-order valence-corrected chi connectivity index (χ3v) is 4.13. The minimum absolute atomic E-state index is 0.0928. The summed E-state index contributed by atoms with van der Waals surface area (Å²) in [7, 11) is 0. The smallest absolute Gasteiger partial charge is 0.256 e. The highest BCUT2D eigenvalue weighted by Gasteiger charge is 2.31. The van der Waals surface area contributed by atoms with Crippen LogP contribution < -0.4 is 5.32 Å². The van der Waals surface area contributed by atoms with Gasteiger partial charge >= 0.3 is 0 Å². The second-order valence-corrected chi connectivity index (χ2v) is 5.73. The molecule has 0 radical (unpaired) electrons. The van der Waals surface area contributed by atoms with Crippen LogP contribution in [0, 0.1) is 0 Å². The lowest BCUT2D eigenvalue weighted by molar-refractivity contribution is 0.0862. The zero-order chi connectivity index (χ0) is 15.8. The van der Waals surface area contributed by atoms with E-state index >= 15 is 0 Å². The van der Waals surface area contributed by atoms with Gasteiger partial charge in [-0.2, -0.15) is 5.10 Å². The number of halogens is 1. The van der Waals surface area contributed by atoms with E-state index in [0.717, 1.165) is 11.3 Å². The molecular weight excluding hydrogens is 295 g/mol. The van der Waals surface area contributed by atoms with Crippen molar-refractivity contribution in [3.05, 3.63) is 54.4 Å². The Balaban J connectivity index is 1.69. The molecular formula is C17H15FN4O. The Morgan fingerprint density at radius 3 is 2.74 bits per heavy atom. The quantitative estimate of drug-likeness (QED) is 0.809. The van der Waals surface area contributed by atoms with E-state index in [2.05, 4.69) is 15.4 Å². The van der Waals surface area contributed by atoms with Crippen molar-refractivity contribution < 1.29 is 9.18 Å². The first kappa shape index (κ1) is 13.9. The van der Waals surface area contributed by atoms with E-state index in [1.807, 2.05) is 36.4 Å². The Hall–Kier alpha value is -2.76. The van der Waals surface area contributed by atoms with Gasteiger partial charge < -0.3 is 5.32 Å². The molecule has 0 aliphatic heterocycles. The van der Waals surface area contributed by atoms with Crippen LogP contribution in [0.2, 0.25) is 0 Å². The molecule has 1 aliphatic rings. The summed E-state index contributed by atoms with van der Waals surface area (Å²) in [6, 6.07) is 11.6. The van der Waals surface area contributed by atoms with Gasteiger partial charge in [0.2, 0.25) is 0 Å². The number of hydrogen-bond acceptors (Lipinski definition) is 3. The molecule has 0 unspecified atom stereocenters. The summed E-state index contributed by atoms with van der Waals surface area (Å²) in [5, 5.41) is 7.13. The van der Waals surface area contributed by atoms with Crippen LogP contribution in [0.1, 0.15) is 23.2 Å². The maximum atomic E-state index is 12.9. The Morgan fingerprint density at radius 2 is 2.00 bits per heavy atom. The molecule has 6 heteroatoms. The van der Waals surface area contributed by atoms with Gasteiger partial charge in [0.15, 0.2) is 5.65 Å². The van der Waals surface area contributed by atoms with E-state index in [0.29, 0.717) is 24.1 Å². The molecule has 5 nitrogen and oxygen atoms in total. The lowest BCUT2D eigenvalue weighted by atomic mass is 9.90. The molecule has 1 amide bonds. The number of carbonyl (C=O) groups excluding carboxylic acids is 1. The van der Waals surface area contributed by atoms with Gasteiger partial charge in [0, 0.05) is 17.8 Å². The number of nitrogens with one attached hydrogen (secondary N) is 1. The molecule has 0 atom stereocenters. The summed E-state index contributed by atoms with van der Waals surface area (Å²) in [5.41, 5.74) is 2.77. The van der Waals surface area contributed by atoms with Gasteiger partial charge in [-0.25, -0.2) is 13.9 Å². The van der Waals surface area contributed by atoms with Crippen LogP contribution in [0.5, 0.6) is 0 Å². The highest BCUT2D eigenvalue weighted by Crippen LogP contribution is 2.24. The Morgan fingerprint density at radius 1 is 1.22 bits per heavy atom. The summed E-state index contributed by atoms with van der Waals surface area (Å²) in [6.45, 7) is 0. The molecule has 3 aromatic rings. The molecule has 2 heterocycles. The molecule has 1 aromatic carbocycles. The number of benzene rings is 1. The summed E-state index contributed by atoms with van der Waals surface area (Å²) in [6.07, 6.45) is 3.14. The fourth-order valence-electron chi connectivity index (χ4n) is 2.81. The van der Waals surface area contributed by atoms with Crippen LogP contribution in [-0.2, 0) is 0 Å². The van der Waals surface area contributed by atoms with E-state index in [1.165, 1.54) is 6.20 Å². The summed E-state index contributed by atoms with van der Waals surface area (Å²) < 4.78 is 14.5. The van der Waals surface area contributed by atoms with Crippen molar-refractivity contribution in [2.75, 3.05) is 0 Å². The van der Waals surface area contributed by atoms with Crippen molar-refractivity contribution in [3.63, 3.8) is 0 Å². The number of nitrogens with zero attached hydrogens (tertiary/aromatic N) is 3. The second-order valence-electron chi connectivity index (χ2n) is 5.73. The van der Waals surface area contributed by atoms with Gasteiger partial charge in [0.25, 0.3) is 5.91 Å². The summed E-state index contributed by atoms with van der Waals surface area (Å²) in [4.78, 5) is 16.6. The average molecular weight is 310 g/mol. The molecule has 0 saturated heterocycles. The number of alkyl halides is 1. The first-order chi connectivity index (χ1) is 11.2. The van der Waals surface area contributed by atoms with E-state index in [4.69, 9.17) is 0 Å². The molecule has 0 bridgehead atoms. The minimum atomic E-state index is -0.799. The largest absolute Gasteiger partial charge is 0.349 e. The van der Waals surface area contributed by atoms with E-state index in [-0.39, 0.29) is 11.9 Å². The third kappa shape index (κ3) is 2.46. The molecule has 2 aromatic heterocycles. The maximum absolute atomic E-state index is 12.9. The zero-order valence-electron chi connectivity index (χ0n) is 12.3. The van der Waals surface area contributed by atoms with Crippen molar-refractivity contribution in [2.45, 2.75) is 25.1 Å². The van der Waals surface area contributed by atoms with Crippen molar-refractivity contribution in [3.8, 4) is 11.3 Å². The van der Waals surface area contributed by atoms with Crippen LogP contribution in [-0.4, -0.2) is 32.7 Å². The van der Waals surface area contributed by atoms with Gasteiger partial charge in [0.05, 0.1) is 11.9 Å². The number of rotatable bonds is 3. The monoisotopic (exact) mass is 310 g/mol. The van der Waals surface area contributed by atoms with Gasteiger partial charge in [0.1, 0.15) is 11.7 Å². The Labute approximate surface area is 132 Å². The van der Waals surface area contributed by atoms with Crippen LogP contribution in [0.25, 0.3) is 16.9 Å². The van der Waals surface area contributed by atoms with E-state index in [1.54, 1.807) is 10.7 Å². The molecule has 116 valence electrons. The predicted molar refractivity (Wildman–Crippen MR) is 83.8 cm³/mol. The van der Waals surface area contributed by atoms with Crippen LogP contribution >= 0.6 is 0 Å². The minimum Gasteiger partial charge on any atom is -0.349 e. The highest BCUT2D eigenvalue weighted by atomic mass is 19.1. The number of amides is 1. The Bertz CT molecular complexity index is 855. The molecule has 1 fully saturated rings. The molecule has 1 N–H and O–H groups in total. The standard InChI is InChI=1S/C17H15FN4O/c18-12-8-13(9-12)21-17(23)14-10-20-22-15(6-7-19-16(14)22)11-4-2-1-3-5-11/h1-7,10,12-13H,8-9H2,(H,21,23). The van der Waals surface area contributed by atoms with Crippen molar-refractivity contribution in [1.29, 1.82) is 0 Å². The molecule has 1 aliphatic carbocycles. The number of hydrogen-bond donors (Lipinski definition) is 1. The average Bonchev–Trinajstić information content (AvgIpc) is 2.98. The third-order valence-electron chi connectivity index (χ3n) is 4.13. The summed E-state index contributed by atoms with van der Waals surface area (Å²) >= 11 is 0. The fraction of sp³-hybridized carbons (Fsp3) is 0.235. The van der Waals surface area contributed by atoms with Crippen LogP contribution in [0.4, 0.5) is 4.39 Å². The van der Waals surface area contributed by atoms with Gasteiger partial charge in [-0.3, -0.25) is 4.79 Å². The maximum Gasteiger partial charge on any atom is 0.256 e. The second kappa shape index (κ2) is 5.46. The van der Waals surface area contributed by atoms with Crippen LogP contribution in [0.3, 0.4) is 0 Å². The Kier molecular flexibility index (Phi) is 3.29. The van der Waals surface area contributed by atoms with Crippen molar-refractivity contribution in [1.82, 2.24) is 19.9 Å². The van der Waals surface area contributed by atoms with E-state index in [9.17, 15) is 9.18 Å². The first-order valence-corrected chi connectivity index (χ1v) is 7.55. The van der Waals surface area contributed by atoms with Crippen molar-refractivity contribution >= 4 is 11.6 Å². The number of aromatic nitrogens is 3.